The van der Waals surface area contributed by atoms with Gasteiger partial charge in [0.15, 0.2) is 0 Å². The summed E-state index contributed by atoms with van der Waals surface area (Å²) in [6, 6.07) is 17.7. The molecule has 0 bridgehead atoms. The van der Waals surface area contributed by atoms with Gasteiger partial charge in [-0.25, -0.2) is 0 Å². The van der Waals surface area contributed by atoms with E-state index in [1.165, 1.54) is 0 Å². The van der Waals surface area contributed by atoms with E-state index < -0.39 is 6.10 Å². The molecule has 1 N–H and O–H groups in total. The van der Waals surface area contributed by atoms with Gasteiger partial charge >= 0.3 is 0 Å². The number of allylic oxidation sites excluding steroid dienone is 1. The molecule has 0 aliphatic carbocycles. The Morgan fingerprint density at radius 3 is 2.40 bits per heavy atom. The van der Waals surface area contributed by atoms with Crippen LogP contribution < -0.4 is 4.74 Å². The third kappa shape index (κ3) is 4.25. The maximum Gasteiger partial charge on any atom is 0.118 e. The maximum atomic E-state index is 10.0. The molecule has 0 aliphatic heterocycles. The molecule has 0 heterocycles. The van der Waals surface area contributed by atoms with Crippen LogP contribution in [0, 0.1) is 0 Å². The summed E-state index contributed by atoms with van der Waals surface area (Å²) >= 11 is 0. The fourth-order valence-corrected chi connectivity index (χ4v) is 2.03. The summed E-state index contributed by atoms with van der Waals surface area (Å²) < 4.78 is 5.12. The van der Waals surface area contributed by atoms with Gasteiger partial charge in [0.2, 0.25) is 0 Å². The predicted molar refractivity (Wildman–Crippen MR) is 82.7 cm³/mol. The molecule has 0 amide bonds. The van der Waals surface area contributed by atoms with E-state index in [1.807, 2.05) is 54.6 Å². The monoisotopic (exact) mass is 268 g/mol. The van der Waals surface area contributed by atoms with E-state index in [9.17, 15) is 5.11 Å². The fraction of sp³-hybridized carbons (Fsp3) is 0.222. The highest BCUT2D eigenvalue weighted by Gasteiger charge is 2.04. The summed E-state index contributed by atoms with van der Waals surface area (Å²) in [5.41, 5.74) is 2.12. The van der Waals surface area contributed by atoms with Crippen LogP contribution in [0.3, 0.4) is 0 Å². The Labute approximate surface area is 120 Å². The first kappa shape index (κ1) is 14.4. The van der Waals surface area contributed by atoms with Crippen molar-refractivity contribution >= 4 is 6.08 Å². The lowest BCUT2D eigenvalue weighted by molar-refractivity contribution is 0.169. The zero-order chi connectivity index (χ0) is 14.2. The fourth-order valence-electron chi connectivity index (χ4n) is 2.03. The van der Waals surface area contributed by atoms with Crippen molar-refractivity contribution in [3.63, 3.8) is 0 Å². The van der Waals surface area contributed by atoms with Crippen molar-refractivity contribution in [2.75, 3.05) is 7.11 Å². The molecule has 2 aromatic carbocycles. The van der Waals surface area contributed by atoms with Crippen LogP contribution in [0.15, 0.2) is 60.7 Å². The lowest BCUT2D eigenvalue weighted by atomic mass is 10.0. The number of ether oxygens (including phenoxy) is 1. The normalized spacial score (nSPS) is 12.5. The second-order valence-corrected chi connectivity index (χ2v) is 4.68. The summed E-state index contributed by atoms with van der Waals surface area (Å²) in [6.07, 6.45) is 5.35. The predicted octanol–water partition coefficient (Wildman–Crippen LogP) is 4.22. The van der Waals surface area contributed by atoms with Crippen molar-refractivity contribution in [3.8, 4) is 5.75 Å². The van der Waals surface area contributed by atoms with Gasteiger partial charge in [-0.15, -0.1) is 0 Å². The van der Waals surface area contributed by atoms with Crippen molar-refractivity contribution in [2.24, 2.45) is 0 Å². The standard InChI is InChI=1S/C18H20O2/c1-20-17-13-11-15(12-14-17)7-5-6-10-18(19)16-8-3-2-4-9-16/h2-5,7-9,11-14,18-19H,6,10H2,1H3/b7-5-. The van der Waals surface area contributed by atoms with Crippen LogP contribution in [-0.4, -0.2) is 12.2 Å². The van der Waals surface area contributed by atoms with Crippen LogP contribution >= 0.6 is 0 Å². The van der Waals surface area contributed by atoms with Crippen LogP contribution in [0.4, 0.5) is 0 Å². The molecule has 2 aromatic rings. The van der Waals surface area contributed by atoms with Gasteiger partial charge in [0, 0.05) is 0 Å². The molecule has 2 heteroatoms. The highest BCUT2D eigenvalue weighted by atomic mass is 16.5. The largest absolute Gasteiger partial charge is 0.497 e. The van der Waals surface area contributed by atoms with Gasteiger partial charge in [0.25, 0.3) is 0 Å². The van der Waals surface area contributed by atoms with Crippen molar-refractivity contribution in [1.29, 1.82) is 0 Å². The molecule has 0 fully saturated rings. The van der Waals surface area contributed by atoms with Gasteiger partial charge in [-0.05, 0) is 36.1 Å². The minimum Gasteiger partial charge on any atom is -0.497 e. The lowest BCUT2D eigenvalue weighted by Crippen LogP contribution is -1.95. The quantitative estimate of drug-likeness (QED) is 0.850. The number of hydrogen-bond acceptors (Lipinski definition) is 2. The van der Waals surface area contributed by atoms with Crippen LogP contribution in [0.5, 0.6) is 5.75 Å². The number of hydrogen-bond donors (Lipinski definition) is 1. The van der Waals surface area contributed by atoms with Crippen LogP contribution in [0.25, 0.3) is 6.08 Å². The minimum atomic E-state index is -0.392. The Kier molecular flexibility index (Phi) is 5.39. The maximum absolute atomic E-state index is 10.0. The first-order valence-corrected chi connectivity index (χ1v) is 6.83. The summed E-state index contributed by atoms with van der Waals surface area (Å²) in [5.74, 6) is 0.863. The number of methoxy groups -OCH3 is 1. The van der Waals surface area contributed by atoms with Gasteiger partial charge in [-0.2, -0.15) is 0 Å². The SMILES string of the molecule is COc1ccc(/C=C\CCC(O)c2ccccc2)cc1. The van der Waals surface area contributed by atoms with Crippen molar-refractivity contribution in [1.82, 2.24) is 0 Å². The molecule has 2 rings (SSSR count). The molecule has 0 aromatic heterocycles. The highest BCUT2D eigenvalue weighted by molar-refractivity contribution is 5.50. The first-order valence-electron chi connectivity index (χ1n) is 6.83. The molecule has 0 saturated carbocycles. The van der Waals surface area contributed by atoms with E-state index in [-0.39, 0.29) is 0 Å². The van der Waals surface area contributed by atoms with E-state index >= 15 is 0 Å². The molecule has 1 atom stereocenters. The zero-order valence-electron chi connectivity index (χ0n) is 11.7. The minimum absolute atomic E-state index is 0.392. The smallest absolute Gasteiger partial charge is 0.118 e. The molecule has 2 nitrogen and oxygen atoms in total. The van der Waals surface area contributed by atoms with Crippen molar-refractivity contribution < 1.29 is 9.84 Å². The molecular formula is C18H20O2. The molecule has 20 heavy (non-hydrogen) atoms. The Bertz CT molecular complexity index is 529. The lowest BCUT2D eigenvalue weighted by Gasteiger charge is -2.08. The summed E-state index contributed by atoms with van der Waals surface area (Å²) in [7, 11) is 1.66. The molecule has 104 valence electrons. The van der Waals surface area contributed by atoms with Gasteiger partial charge in [0.1, 0.15) is 5.75 Å². The zero-order valence-corrected chi connectivity index (χ0v) is 11.7. The van der Waals surface area contributed by atoms with Gasteiger partial charge in [-0.3, -0.25) is 0 Å². The Balaban J connectivity index is 1.81. The third-order valence-electron chi connectivity index (χ3n) is 3.22. The van der Waals surface area contributed by atoms with E-state index in [4.69, 9.17) is 4.74 Å². The summed E-state index contributed by atoms with van der Waals surface area (Å²) in [4.78, 5) is 0. The molecule has 0 aliphatic rings. The van der Waals surface area contributed by atoms with E-state index in [0.29, 0.717) is 0 Å². The van der Waals surface area contributed by atoms with E-state index in [1.54, 1.807) is 7.11 Å². The highest BCUT2D eigenvalue weighted by Crippen LogP contribution is 2.18. The van der Waals surface area contributed by atoms with E-state index in [0.717, 1.165) is 29.7 Å². The van der Waals surface area contributed by atoms with Crippen LogP contribution in [-0.2, 0) is 0 Å². The van der Waals surface area contributed by atoms with Crippen molar-refractivity contribution in [3.05, 3.63) is 71.8 Å². The third-order valence-corrected chi connectivity index (χ3v) is 3.22. The summed E-state index contributed by atoms with van der Waals surface area (Å²) in [5, 5.41) is 10.0. The molecule has 1 unspecified atom stereocenters. The Morgan fingerprint density at radius 1 is 1.05 bits per heavy atom. The van der Waals surface area contributed by atoms with Crippen molar-refractivity contribution in [2.45, 2.75) is 18.9 Å². The first-order chi connectivity index (χ1) is 9.79. The second-order valence-electron chi connectivity index (χ2n) is 4.68. The summed E-state index contributed by atoms with van der Waals surface area (Å²) in [6.45, 7) is 0. The Morgan fingerprint density at radius 2 is 1.75 bits per heavy atom. The molecular weight excluding hydrogens is 248 g/mol. The number of benzene rings is 2. The molecule has 0 spiro atoms. The van der Waals surface area contributed by atoms with Crippen LogP contribution in [0.1, 0.15) is 30.1 Å². The number of aliphatic hydroxyl groups is 1. The number of rotatable bonds is 6. The topological polar surface area (TPSA) is 29.5 Å². The van der Waals surface area contributed by atoms with Gasteiger partial charge in [-0.1, -0.05) is 54.6 Å². The van der Waals surface area contributed by atoms with Gasteiger partial charge in [0.05, 0.1) is 13.2 Å². The molecule has 0 radical (unpaired) electrons. The van der Waals surface area contributed by atoms with E-state index in [2.05, 4.69) is 12.2 Å². The second kappa shape index (κ2) is 7.51. The Hall–Kier alpha value is -2.06. The average molecular weight is 268 g/mol. The molecule has 0 saturated heterocycles. The average Bonchev–Trinajstić information content (AvgIpc) is 2.53. The van der Waals surface area contributed by atoms with Crippen LogP contribution in [0.2, 0.25) is 0 Å². The number of aliphatic hydroxyl groups excluding tert-OH is 1. The van der Waals surface area contributed by atoms with Gasteiger partial charge < -0.3 is 9.84 Å².